The molecule has 6 aromatic rings. The van der Waals surface area contributed by atoms with Crippen LogP contribution in [0.5, 0.6) is 0 Å². The van der Waals surface area contributed by atoms with E-state index in [9.17, 15) is 18.4 Å². The molecule has 6 rings (SSSR count). The van der Waals surface area contributed by atoms with Crippen LogP contribution in [0, 0.1) is 0 Å². The van der Waals surface area contributed by atoms with E-state index in [2.05, 4.69) is 58.5 Å². The van der Waals surface area contributed by atoms with Crippen molar-refractivity contribution < 1.29 is 18.4 Å². The molecule has 52 heavy (non-hydrogen) atoms. The Labute approximate surface area is 311 Å². The number of aromatic nitrogens is 2. The molecule has 0 unspecified atom stereocenters. The third-order valence-corrected chi connectivity index (χ3v) is 10.5. The van der Waals surface area contributed by atoms with E-state index >= 15 is 0 Å². The molecular weight excluding hydrogens is 695 g/mol. The normalized spacial score (nSPS) is 12.3. The van der Waals surface area contributed by atoms with Gasteiger partial charge in [-0.25, -0.2) is 18.7 Å². The van der Waals surface area contributed by atoms with E-state index in [-0.39, 0.29) is 50.8 Å². The highest BCUT2D eigenvalue weighted by atomic mass is 32.1. The van der Waals surface area contributed by atoms with Gasteiger partial charge in [0.2, 0.25) is 11.8 Å². The van der Waals surface area contributed by atoms with E-state index in [1.807, 2.05) is 73.1 Å². The van der Waals surface area contributed by atoms with Crippen molar-refractivity contribution in [3.8, 4) is 32.0 Å². The summed E-state index contributed by atoms with van der Waals surface area (Å²) in [5.74, 6) is -0.251. The summed E-state index contributed by atoms with van der Waals surface area (Å²) in [5, 5.41) is 1.51. The van der Waals surface area contributed by atoms with Crippen LogP contribution < -0.4 is 0 Å². The fraction of sp³-hybridized carbons (Fsp3) is 0.238. The quantitative estimate of drug-likeness (QED) is 0.106. The minimum atomic E-state index is -1.14. The topological polar surface area (TPSA) is 66.4 Å². The van der Waals surface area contributed by atoms with Crippen molar-refractivity contribution in [3.63, 3.8) is 0 Å². The molecule has 0 aliphatic rings. The molecule has 2 atom stereocenters. The van der Waals surface area contributed by atoms with Crippen LogP contribution in [-0.4, -0.2) is 57.0 Å². The summed E-state index contributed by atoms with van der Waals surface area (Å²) in [5.41, 5.74) is 5.95. The Morgan fingerprint density at radius 3 is 1.25 bits per heavy atom. The summed E-state index contributed by atoms with van der Waals surface area (Å²) in [4.78, 5) is 40.3. The van der Waals surface area contributed by atoms with E-state index in [4.69, 9.17) is 0 Å². The van der Waals surface area contributed by atoms with Crippen molar-refractivity contribution in [2.45, 2.75) is 52.1 Å². The molecule has 2 amide bonds. The van der Waals surface area contributed by atoms with Crippen LogP contribution in [0.2, 0.25) is 0 Å². The average molecular weight is 735 g/mol. The first-order chi connectivity index (χ1) is 25.2. The van der Waals surface area contributed by atoms with E-state index < -0.39 is 12.3 Å². The summed E-state index contributed by atoms with van der Waals surface area (Å²) in [6.45, 7) is 3.49. The van der Waals surface area contributed by atoms with Crippen molar-refractivity contribution in [2.24, 2.45) is 0 Å². The van der Waals surface area contributed by atoms with Crippen molar-refractivity contribution in [2.75, 3.05) is 13.1 Å². The van der Waals surface area contributed by atoms with Gasteiger partial charge in [0.15, 0.2) is 0 Å². The number of benzene rings is 4. The lowest BCUT2D eigenvalue weighted by Gasteiger charge is -2.22. The first-order valence-electron chi connectivity index (χ1n) is 17.2. The Hall–Kier alpha value is -5.06. The smallest absolute Gasteiger partial charge is 0.227 e. The summed E-state index contributed by atoms with van der Waals surface area (Å²) in [7, 11) is 0. The number of thiazole rings is 2. The number of nitrogens with zero attached hydrogens (tertiary/aromatic N) is 4. The van der Waals surface area contributed by atoms with Gasteiger partial charge in [-0.3, -0.25) is 9.59 Å². The molecule has 0 bridgehead atoms. The molecular formula is C42H40F2N4O2S2. The first-order valence-corrected chi connectivity index (χ1v) is 18.9. The monoisotopic (exact) mass is 734 g/mol. The number of carbonyl (C=O) groups is 2. The zero-order valence-electron chi connectivity index (χ0n) is 29.1. The summed E-state index contributed by atoms with van der Waals surface area (Å²) >= 11 is 3.01. The minimum absolute atomic E-state index is 0.0207. The Balaban J connectivity index is 1.08. The van der Waals surface area contributed by atoms with Gasteiger partial charge in [0.1, 0.15) is 22.4 Å². The molecule has 2 aromatic heterocycles. The zero-order valence-corrected chi connectivity index (χ0v) is 30.8. The third kappa shape index (κ3) is 10.0. The van der Waals surface area contributed by atoms with Crippen molar-refractivity contribution in [3.05, 3.63) is 143 Å². The Bertz CT molecular complexity index is 1900. The summed E-state index contributed by atoms with van der Waals surface area (Å²) < 4.78 is 28.1. The van der Waals surface area contributed by atoms with E-state index in [0.29, 0.717) is 0 Å². The summed E-state index contributed by atoms with van der Waals surface area (Å²) in [6, 6.07) is 35.5. The number of amides is 2. The number of hydrogen-bond donors (Lipinski definition) is 0. The molecule has 0 aliphatic carbocycles. The molecule has 4 aromatic carbocycles. The second-order valence-corrected chi connectivity index (χ2v) is 15.1. The third-order valence-electron chi connectivity index (χ3n) is 8.48. The predicted molar refractivity (Wildman–Crippen MR) is 206 cm³/mol. The van der Waals surface area contributed by atoms with Crippen LogP contribution in [0.3, 0.4) is 0 Å². The van der Waals surface area contributed by atoms with Gasteiger partial charge in [0.05, 0.1) is 48.8 Å². The number of hydrogen-bond acceptors (Lipinski definition) is 6. The minimum Gasteiger partial charge on any atom is -0.333 e. The van der Waals surface area contributed by atoms with Crippen LogP contribution in [-0.2, 0) is 35.5 Å². The van der Waals surface area contributed by atoms with Crippen LogP contribution in [0.1, 0.15) is 35.0 Å². The molecule has 0 N–H and O–H groups in total. The van der Waals surface area contributed by atoms with Crippen molar-refractivity contribution in [1.29, 1.82) is 0 Å². The molecule has 0 saturated heterocycles. The summed E-state index contributed by atoms with van der Waals surface area (Å²) in [6.07, 6.45) is 1.77. The highest BCUT2D eigenvalue weighted by Gasteiger charge is 2.21. The first kappa shape index (κ1) is 36.7. The molecule has 0 saturated carbocycles. The maximum absolute atomic E-state index is 14.0. The molecule has 6 nitrogen and oxygen atoms in total. The van der Waals surface area contributed by atoms with Gasteiger partial charge in [-0.1, -0.05) is 109 Å². The van der Waals surface area contributed by atoms with E-state index in [0.717, 1.165) is 53.2 Å². The SMILES string of the molecule is C[C@@H](F)CN(Cc1ncc(-c2ccc(-c3ccc(-c4cnc(CN(C[C@@H](C)F)C(=O)Cc5ccccc5)s4)cc3)cc2)s1)C(=O)Cc1ccccc1. The van der Waals surface area contributed by atoms with Gasteiger partial charge in [0, 0.05) is 12.4 Å². The molecule has 0 fully saturated rings. The second kappa shape index (κ2) is 17.4. The average Bonchev–Trinajstić information content (AvgIpc) is 3.82. The van der Waals surface area contributed by atoms with Gasteiger partial charge in [0.25, 0.3) is 0 Å². The fourth-order valence-corrected chi connectivity index (χ4v) is 7.77. The molecule has 10 heteroatoms. The maximum Gasteiger partial charge on any atom is 0.227 e. The van der Waals surface area contributed by atoms with Gasteiger partial charge < -0.3 is 9.80 Å². The molecule has 2 heterocycles. The molecule has 0 aliphatic heterocycles. The second-order valence-electron chi connectivity index (χ2n) is 12.8. The predicted octanol–water partition coefficient (Wildman–Crippen LogP) is 9.46. The number of carbonyl (C=O) groups excluding carboxylic acids is 2. The highest BCUT2D eigenvalue weighted by Crippen LogP contribution is 2.32. The number of alkyl halides is 2. The van der Waals surface area contributed by atoms with Crippen LogP contribution in [0.4, 0.5) is 8.78 Å². The van der Waals surface area contributed by atoms with Crippen LogP contribution >= 0.6 is 22.7 Å². The van der Waals surface area contributed by atoms with Crippen molar-refractivity contribution in [1.82, 2.24) is 19.8 Å². The van der Waals surface area contributed by atoms with Crippen LogP contribution in [0.15, 0.2) is 122 Å². The van der Waals surface area contributed by atoms with Crippen molar-refractivity contribution >= 4 is 34.5 Å². The molecule has 266 valence electrons. The van der Waals surface area contributed by atoms with Gasteiger partial charge >= 0.3 is 0 Å². The largest absolute Gasteiger partial charge is 0.333 e. The lowest BCUT2D eigenvalue weighted by molar-refractivity contribution is -0.132. The number of rotatable bonds is 15. The fourth-order valence-electron chi connectivity index (χ4n) is 5.90. The maximum atomic E-state index is 14.0. The lowest BCUT2D eigenvalue weighted by Crippen LogP contribution is -2.36. The van der Waals surface area contributed by atoms with Gasteiger partial charge in [-0.2, -0.15) is 0 Å². The molecule has 0 spiro atoms. The Morgan fingerprint density at radius 1 is 0.558 bits per heavy atom. The molecule has 0 radical (unpaired) electrons. The Morgan fingerprint density at radius 2 is 0.904 bits per heavy atom. The zero-order chi connectivity index (χ0) is 36.5. The van der Waals surface area contributed by atoms with Gasteiger partial charge in [-0.05, 0) is 47.2 Å². The lowest BCUT2D eigenvalue weighted by atomic mass is 10.0. The Kier molecular flexibility index (Phi) is 12.3. The number of halogens is 2. The highest BCUT2D eigenvalue weighted by molar-refractivity contribution is 7.15. The van der Waals surface area contributed by atoms with E-state index in [1.165, 1.54) is 36.5 Å². The standard InChI is InChI=1S/C42H40F2N4O2S2/c1-29(43)25-47(41(49)21-31-9-5-3-6-10-31)27-39-45-23-37(51-39)35-17-13-33(14-18-35)34-15-19-36(20-16-34)38-24-46-40(52-38)28-48(26-30(2)44)42(50)22-32-11-7-4-8-12-32/h3-20,23-24,29-30H,21-22,25-28H2,1-2H3/t29-,30-/m1/s1. The van der Waals surface area contributed by atoms with Crippen LogP contribution in [0.25, 0.3) is 32.0 Å². The van der Waals surface area contributed by atoms with Gasteiger partial charge in [-0.15, -0.1) is 22.7 Å². The van der Waals surface area contributed by atoms with E-state index in [1.54, 1.807) is 9.80 Å².